The second-order valence-electron chi connectivity index (χ2n) is 5.19. The van der Waals surface area contributed by atoms with Gasteiger partial charge in [-0.25, -0.2) is 4.98 Å². The molecular weight excluding hydrogens is 212 g/mol. The van der Waals surface area contributed by atoms with Crippen molar-refractivity contribution in [3.8, 4) is 0 Å². The third kappa shape index (κ3) is 4.00. The lowest BCUT2D eigenvalue weighted by molar-refractivity contribution is 0.130. The van der Waals surface area contributed by atoms with Crippen LogP contribution in [0.3, 0.4) is 0 Å². The van der Waals surface area contributed by atoms with Crippen LogP contribution >= 0.6 is 0 Å². The maximum atomic E-state index is 10.1. The van der Waals surface area contributed by atoms with Crippen molar-refractivity contribution in [3.05, 3.63) is 23.9 Å². The van der Waals surface area contributed by atoms with E-state index in [2.05, 4.69) is 4.98 Å². The molecule has 3 heteroatoms. The first-order chi connectivity index (χ1) is 8.24. The zero-order chi connectivity index (χ0) is 12.1. The standard InChI is InChI=1S/C14H22N2O/c15-14-10-12(6-7-16-14)9-13(17)8-11-4-2-1-3-5-11/h6-7,10-11,13,17H,1-5,8-9H2,(H2,15,16). The van der Waals surface area contributed by atoms with Crippen molar-refractivity contribution >= 4 is 5.82 Å². The summed E-state index contributed by atoms with van der Waals surface area (Å²) in [6, 6.07) is 3.78. The molecule has 1 atom stereocenters. The molecular formula is C14H22N2O. The minimum atomic E-state index is -0.236. The average molecular weight is 234 g/mol. The Morgan fingerprint density at radius 1 is 1.35 bits per heavy atom. The van der Waals surface area contributed by atoms with Crippen molar-refractivity contribution in [2.24, 2.45) is 5.92 Å². The second-order valence-corrected chi connectivity index (χ2v) is 5.19. The number of hydrogen-bond acceptors (Lipinski definition) is 3. The fourth-order valence-corrected chi connectivity index (χ4v) is 2.78. The van der Waals surface area contributed by atoms with E-state index in [9.17, 15) is 5.11 Å². The SMILES string of the molecule is Nc1cc(CC(O)CC2CCCCC2)ccn1. The molecule has 1 aromatic rings. The molecule has 2 rings (SSSR count). The Kier molecular flexibility index (Phi) is 4.37. The average Bonchev–Trinajstić information content (AvgIpc) is 2.30. The number of aromatic nitrogens is 1. The Balaban J connectivity index is 1.82. The molecule has 0 aliphatic heterocycles. The third-order valence-corrected chi connectivity index (χ3v) is 3.65. The molecule has 94 valence electrons. The number of aliphatic hydroxyl groups excluding tert-OH is 1. The Hall–Kier alpha value is -1.09. The van der Waals surface area contributed by atoms with E-state index in [0.29, 0.717) is 12.2 Å². The summed E-state index contributed by atoms with van der Waals surface area (Å²) in [5.41, 5.74) is 6.71. The highest BCUT2D eigenvalue weighted by molar-refractivity contribution is 5.32. The van der Waals surface area contributed by atoms with Crippen LogP contribution in [0.2, 0.25) is 0 Å². The molecule has 1 heterocycles. The summed E-state index contributed by atoms with van der Waals surface area (Å²) in [6.07, 6.45) is 9.71. The third-order valence-electron chi connectivity index (χ3n) is 3.65. The van der Waals surface area contributed by atoms with Gasteiger partial charge in [0.05, 0.1) is 6.10 Å². The fourth-order valence-electron chi connectivity index (χ4n) is 2.78. The molecule has 0 saturated heterocycles. The first kappa shape index (κ1) is 12.4. The lowest BCUT2D eigenvalue weighted by atomic mass is 9.84. The van der Waals surface area contributed by atoms with Gasteiger partial charge in [0.2, 0.25) is 0 Å². The van der Waals surface area contributed by atoms with Gasteiger partial charge in [-0.1, -0.05) is 32.1 Å². The number of rotatable bonds is 4. The number of aliphatic hydroxyl groups is 1. The van der Waals surface area contributed by atoms with Gasteiger partial charge in [0.15, 0.2) is 0 Å². The zero-order valence-electron chi connectivity index (χ0n) is 10.3. The predicted octanol–water partition coefficient (Wildman–Crippen LogP) is 2.54. The Morgan fingerprint density at radius 2 is 2.12 bits per heavy atom. The van der Waals surface area contributed by atoms with E-state index in [4.69, 9.17) is 5.73 Å². The van der Waals surface area contributed by atoms with Gasteiger partial charge < -0.3 is 10.8 Å². The Bertz CT molecular complexity index is 348. The van der Waals surface area contributed by atoms with Crippen LogP contribution in [0, 0.1) is 5.92 Å². The summed E-state index contributed by atoms with van der Waals surface area (Å²) in [7, 11) is 0. The van der Waals surface area contributed by atoms with Gasteiger partial charge in [0.25, 0.3) is 0 Å². The molecule has 0 amide bonds. The second kappa shape index (κ2) is 6.01. The van der Waals surface area contributed by atoms with Crippen molar-refractivity contribution < 1.29 is 5.11 Å². The maximum Gasteiger partial charge on any atom is 0.123 e. The summed E-state index contributed by atoms with van der Waals surface area (Å²) in [5.74, 6) is 1.25. The molecule has 3 N–H and O–H groups in total. The zero-order valence-corrected chi connectivity index (χ0v) is 10.3. The highest BCUT2D eigenvalue weighted by Gasteiger charge is 2.17. The first-order valence-electron chi connectivity index (χ1n) is 6.62. The van der Waals surface area contributed by atoms with E-state index in [-0.39, 0.29) is 6.10 Å². The van der Waals surface area contributed by atoms with Crippen molar-refractivity contribution in [1.29, 1.82) is 0 Å². The summed E-state index contributed by atoms with van der Waals surface area (Å²) >= 11 is 0. The molecule has 1 aliphatic carbocycles. The largest absolute Gasteiger partial charge is 0.393 e. The van der Waals surface area contributed by atoms with E-state index < -0.39 is 0 Å². The normalized spacial score (nSPS) is 19.1. The number of pyridine rings is 1. The molecule has 3 nitrogen and oxygen atoms in total. The predicted molar refractivity (Wildman–Crippen MR) is 69.6 cm³/mol. The Labute approximate surface area is 103 Å². The molecule has 1 aromatic heterocycles. The first-order valence-corrected chi connectivity index (χ1v) is 6.62. The topological polar surface area (TPSA) is 59.1 Å². The highest BCUT2D eigenvalue weighted by Crippen LogP contribution is 2.28. The quantitative estimate of drug-likeness (QED) is 0.841. The van der Waals surface area contributed by atoms with Gasteiger partial charge in [-0.15, -0.1) is 0 Å². The van der Waals surface area contributed by atoms with Crippen molar-refractivity contribution in [2.45, 2.75) is 51.0 Å². The van der Waals surface area contributed by atoms with Crippen LogP contribution in [-0.4, -0.2) is 16.2 Å². The number of anilines is 1. The molecule has 1 unspecified atom stereocenters. The molecule has 1 saturated carbocycles. The monoisotopic (exact) mass is 234 g/mol. The lowest BCUT2D eigenvalue weighted by Crippen LogP contribution is -2.18. The van der Waals surface area contributed by atoms with Crippen molar-refractivity contribution in [2.75, 3.05) is 5.73 Å². The van der Waals surface area contributed by atoms with E-state index in [0.717, 1.165) is 17.9 Å². The Morgan fingerprint density at radius 3 is 2.82 bits per heavy atom. The van der Waals surface area contributed by atoms with Gasteiger partial charge in [-0.05, 0) is 36.5 Å². The number of hydrogen-bond donors (Lipinski definition) is 2. The van der Waals surface area contributed by atoms with Crippen LogP contribution in [0.5, 0.6) is 0 Å². The van der Waals surface area contributed by atoms with Gasteiger partial charge >= 0.3 is 0 Å². The van der Waals surface area contributed by atoms with Crippen LogP contribution in [0.25, 0.3) is 0 Å². The molecule has 17 heavy (non-hydrogen) atoms. The lowest BCUT2D eigenvalue weighted by Gasteiger charge is -2.24. The van der Waals surface area contributed by atoms with Gasteiger partial charge in [-0.3, -0.25) is 0 Å². The minimum absolute atomic E-state index is 0.236. The smallest absolute Gasteiger partial charge is 0.123 e. The maximum absolute atomic E-state index is 10.1. The van der Waals surface area contributed by atoms with Gasteiger partial charge in [0.1, 0.15) is 5.82 Å². The molecule has 0 aromatic carbocycles. The highest BCUT2D eigenvalue weighted by atomic mass is 16.3. The van der Waals surface area contributed by atoms with Crippen LogP contribution in [0.1, 0.15) is 44.1 Å². The number of nitrogen functional groups attached to an aromatic ring is 1. The van der Waals surface area contributed by atoms with Crippen LogP contribution < -0.4 is 5.73 Å². The number of nitrogens with two attached hydrogens (primary N) is 1. The fraction of sp³-hybridized carbons (Fsp3) is 0.643. The minimum Gasteiger partial charge on any atom is -0.393 e. The van der Waals surface area contributed by atoms with Crippen LogP contribution in [-0.2, 0) is 6.42 Å². The van der Waals surface area contributed by atoms with E-state index >= 15 is 0 Å². The van der Waals surface area contributed by atoms with E-state index in [1.165, 1.54) is 32.1 Å². The molecule has 0 bridgehead atoms. The van der Waals surface area contributed by atoms with Crippen LogP contribution in [0.15, 0.2) is 18.3 Å². The summed E-state index contributed by atoms with van der Waals surface area (Å²) in [6.45, 7) is 0. The summed E-state index contributed by atoms with van der Waals surface area (Å²) in [5, 5.41) is 10.1. The molecule has 0 spiro atoms. The molecule has 1 fully saturated rings. The van der Waals surface area contributed by atoms with Crippen molar-refractivity contribution in [1.82, 2.24) is 4.98 Å². The van der Waals surface area contributed by atoms with Gasteiger partial charge in [-0.2, -0.15) is 0 Å². The van der Waals surface area contributed by atoms with Gasteiger partial charge in [0, 0.05) is 6.20 Å². The van der Waals surface area contributed by atoms with Crippen LogP contribution in [0.4, 0.5) is 5.82 Å². The molecule has 1 aliphatic rings. The molecule has 0 radical (unpaired) electrons. The van der Waals surface area contributed by atoms with E-state index in [1.807, 2.05) is 12.1 Å². The summed E-state index contributed by atoms with van der Waals surface area (Å²) < 4.78 is 0. The van der Waals surface area contributed by atoms with Crippen molar-refractivity contribution in [3.63, 3.8) is 0 Å². The number of nitrogens with zero attached hydrogens (tertiary/aromatic N) is 1. The summed E-state index contributed by atoms with van der Waals surface area (Å²) in [4.78, 5) is 3.96. The van der Waals surface area contributed by atoms with E-state index in [1.54, 1.807) is 6.20 Å².